The Morgan fingerprint density at radius 3 is 2.90 bits per heavy atom. The highest BCUT2D eigenvalue weighted by molar-refractivity contribution is 7.20. The fourth-order valence-corrected chi connectivity index (χ4v) is 4.27. The lowest BCUT2D eigenvalue weighted by atomic mass is 10.1. The summed E-state index contributed by atoms with van der Waals surface area (Å²) in [7, 11) is 1.61. The summed E-state index contributed by atoms with van der Waals surface area (Å²) in [5.41, 5.74) is 1.86. The third kappa shape index (κ3) is 3.13. The monoisotopic (exact) mass is 411 g/mol. The molecule has 148 valence electrons. The molecule has 0 radical (unpaired) electrons. The van der Waals surface area contributed by atoms with E-state index in [9.17, 15) is 9.59 Å². The molecule has 2 aromatic carbocycles. The molecular weight excluding hydrogens is 394 g/mol. The number of carbonyl (C=O) groups excluding carboxylic acids is 1. The minimum Gasteiger partial charge on any atom is -0.494 e. The number of rotatable bonds is 5. The fourth-order valence-electron chi connectivity index (χ4n) is 3.38. The highest BCUT2D eigenvalue weighted by atomic mass is 32.1. The molecule has 1 aliphatic heterocycles. The standard InChI is InChI=1S/C20H17N3O5S/c1-26-15-7-4-8-16-18(15)21-19(29-16)27-12-9-22(10-12)17(24)11-23-13-5-2-3-6-14(13)28-20(23)25/h2-8,12H,9-11H2,1H3. The third-order valence-electron chi connectivity index (χ3n) is 4.92. The van der Waals surface area contributed by atoms with Crippen molar-refractivity contribution >= 4 is 38.6 Å². The Morgan fingerprint density at radius 1 is 1.24 bits per heavy atom. The van der Waals surface area contributed by atoms with E-state index >= 15 is 0 Å². The van der Waals surface area contributed by atoms with Crippen LogP contribution in [0.15, 0.2) is 51.7 Å². The third-order valence-corrected chi connectivity index (χ3v) is 5.83. The number of methoxy groups -OCH3 is 1. The van der Waals surface area contributed by atoms with Gasteiger partial charge in [-0.25, -0.2) is 4.79 Å². The molecule has 1 aliphatic rings. The van der Waals surface area contributed by atoms with Crippen LogP contribution in [0.1, 0.15) is 0 Å². The predicted octanol–water partition coefficient (Wildman–Crippen LogP) is 2.50. The average Bonchev–Trinajstić information content (AvgIpc) is 3.24. The Balaban J connectivity index is 1.23. The van der Waals surface area contributed by atoms with E-state index in [2.05, 4.69) is 4.98 Å². The number of para-hydroxylation sites is 3. The van der Waals surface area contributed by atoms with E-state index in [4.69, 9.17) is 13.9 Å². The molecule has 8 nitrogen and oxygen atoms in total. The lowest BCUT2D eigenvalue weighted by Gasteiger charge is -2.38. The summed E-state index contributed by atoms with van der Waals surface area (Å²) < 4.78 is 18.8. The summed E-state index contributed by atoms with van der Waals surface area (Å²) in [5.74, 6) is 0.0255. The van der Waals surface area contributed by atoms with Crippen LogP contribution in [-0.4, -0.2) is 46.7 Å². The minimum atomic E-state index is -0.531. The lowest BCUT2D eigenvalue weighted by Crippen LogP contribution is -2.57. The van der Waals surface area contributed by atoms with E-state index in [1.165, 1.54) is 15.9 Å². The molecule has 4 aromatic rings. The van der Waals surface area contributed by atoms with Gasteiger partial charge >= 0.3 is 5.76 Å². The summed E-state index contributed by atoms with van der Waals surface area (Å²) in [4.78, 5) is 30.7. The molecule has 0 atom stereocenters. The van der Waals surface area contributed by atoms with Crippen LogP contribution in [0, 0.1) is 0 Å². The maximum Gasteiger partial charge on any atom is 0.420 e. The Labute approximate surface area is 168 Å². The van der Waals surface area contributed by atoms with Crippen molar-refractivity contribution in [2.24, 2.45) is 0 Å². The van der Waals surface area contributed by atoms with E-state index in [0.29, 0.717) is 35.1 Å². The molecule has 1 saturated heterocycles. The molecule has 2 aromatic heterocycles. The zero-order valence-electron chi connectivity index (χ0n) is 15.5. The number of amides is 1. The quantitative estimate of drug-likeness (QED) is 0.502. The number of carbonyl (C=O) groups is 1. The summed E-state index contributed by atoms with van der Waals surface area (Å²) in [5, 5.41) is 0.554. The molecule has 1 amide bonds. The number of hydrogen-bond donors (Lipinski definition) is 0. The van der Waals surface area contributed by atoms with Crippen LogP contribution >= 0.6 is 11.3 Å². The average molecular weight is 411 g/mol. The molecule has 0 N–H and O–H groups in total. The van der Waals surface area contributed by atoms with Crippen LogP contribution in [0.2, 0.25) is 0 Å². The van der Waals surface area contributed by atoms with Crippen molar-refractivity contribution in [3.63, 3.8) is 0 Å². The van der Waals surface area contributed by atoms with Crippen LogP contribution in [0.25, 0.3) is 21.3 Å². The van der Waals surface area contributed by atoms with Gasteiger partial charge in [0.1, 0.15) is 23.9 Å². The van der Waals surface area contributed by atoms with Gasteiger partial charge in [-0.1, -0.05) is 29.5 Å². The van der Waals surface area contributed by atoms with E-state index in [0.717, 1.165) is 10.2 Å². The summed E-state index contributed by atoms with van der Waals surface area (Å²) in [6.45, 7) is 0.855. The molecule has 9 heteroatoms. The molecule has 29 heavy (non-hydrogen) atoms. The van der Waals surface area contributed by atoms with Crippen molar-refractivity contribution in [3.8, 4) is 10.9 Å². The van der Waals surface area contributed by atoms with Crippen LogP contribution < -0.4 is 15.2 Å². The molecule has 5 rings (SSSR count). The number of hydrogen-bond acceptors (Lipinski definition) is 7. The smallest absolute Gasteiger partial charge is 0.420 e. The zero-order chi connectivity index (χ0) is 20.0. The maximum absolute atomic E-state index is 12.6. The topological polar surface area (TPSA) is 86.8 Å². The largest absolute Gasteiger partial charge is 0.494 e. The second-order valence-electron chi connectivity index (χ2n) is 6.75. The van der Waals surface area contributed by atoms with Crippen molar-refractivity contribution in [1.82, 2.24) is 14.5 Å². The van der Waals surface area contributed by atoms with Gasteiger partial charge in [-0.15, -0.1) is 0 Å². The van der Waals surface area contributed by atoms with Crippen molar-refractivity contribution in [2.75, 3.05) is 20.2 Å². The van der Waals surface area contributed by atoms with Gasteiger partial charge in [0.2, 0.25) is 5.91 Å². The Bertz CT molecular complexity index is 1270. The van der Waals surface area contributed by atoms with Crippen molar-refractivity contribution < 1.29 is 18.7 Å². The van der Waals surface area contributed by atoms with E-state index in [1.807, 2.05) is 18.2 Å². The zero-order valence-corrected chi connectivity index (χ0v) is 16.3. The number of thiazole rings is 1. The second kappa shape index (κ2) is 6.93. The van der Waals surface area contributed by atoms with Crippen LogP contribution in [-0.2, 0) is 11.3 Å². The number of ether oxygens (including phenoxy) is 2. The van der Waals surface area contributed by atoms with Gasteiger partial charge < -0.3 is 18.8 Å². The first-order valence-electron chi connectivity index (χ1n) is 9.09. The molecular formula is C20H17N3O5S. The molecule has 1 fully saturated rings. The number of oxazole rings is 1. The van der Waals surface area contributed by atoms with Gasteiger partial charge in [-0.3, -0.25) is 9.36 Å². The number of nitrogens with zero attached hydrogens (tertiary/aromatic N) is 3. The number of likely N-dealkylation sites (tertiary alicyclic amines) is 1. The first-order valence-corrected chi connectivity index (χ1v) is 9.90. The molecule has 0 spiro atoms. The van der Waals surface area contributed by atoms with E-state index in [1.54, 1.807) is 36.3 Å². The predicted molar refractivity (Wildman–Crippen MR) is 108 cm³/mol. The van der Waals surface area contributed by atoms with Gasteiger partial charge in [0.05, 0.1) is 30.4 Å². The summed E-state index contributed by atoms with van der Waals surface area (Å²) in [6, 6.07) is 12.8. The molecule has 0 bridgehead atoms. The van der Waals surface area contributed by atoms with Gasteiger partial charge in [-0.05, 0) is 24.3 Å². The van der Waals surface area contributed by atoms with Gasteiger partial charge in [0, 0.05) is 0 Å². The molecule has 0 saturated carbocycles. The number of aromatic nitrogens is 2. The SMILES string of the molecule is COc1cccc2sc(OC3CN(C(=O)Cn4c(=O)oc5ccccc54)C3)nc12. The highest BCUT2D eigenvalue weighted by Gasteiger charge is 2.33. The first-order chi connectivity index (χ1) is 14.1. The highest BCUT2D eigenvalue weighted by Crippen LogP contribution is 2.34. The number of benzene rings is 2. The normalized spacial score (nSPS) is 14.3. The minimum absolute atomic E-state index is 0.0547. The van der Waals surface area contributed by atoms with Crippen LogP contribution in [0.3, 0.4) is 0 Å². The lowest BCUT2D eigenvalue weighted by molar-refractivity contribution is -0.140. The first kappa shape index (κ1) is 17.7. The van der Waals surface area contributed by atoms with Crippen molar-refractivity contribution in [1.29, 1.82) is 0 Å². The Morgan fingerprint density at radius 2 is 2.07 bits per heavy atom. The van der Waals surface area contributed by atoms with Crippen molar-refractivity contribution in [2.45, 2.75) is 12.6 Å². The Kier molecular flexibility index (Phi) is 4.24. The summed E-state index contributed by atoms with van der Waals surface area (Å²) in [6.07, 6.45) is -0.122. The van der Waals surface area contributed by atoms with Gasteiger partial charge in [0.15, 0.2) is 5.58 Å². The molecule has 0 aliphatic carbocycles. The number of fused-ring (bicyclic) bond motifs is 2. The second-order valence-corrected chi connectivity index (χ2v) is 7.74. The van der Waals surface area contributed by atoms with Crippen LogP contribution in [0.5, 0.6) is 10.9 Å². The molecule has 3 heterocycles. The van der Waals surface area contributed by atoms with Gasteiger partial charge in [0.25, 0.3) is 5.19 Å². The maximum atomic E-state index is 12.6. The van der Waals surface area contributed by atoms with E-state index < -0.39 is 5.76 Å². The Hall–Kier alpha value is -3.33. The van der Waals surface area contributed by atoms with Gasteiger partial charge in [-0.2, -0.15) is 4.98 Å². The van der Waals surface area contributed by atoms with E-state index in [-0.39, 0.29) is 18.6 Å². The molecule has 0 unspecified atom stereocenters. The van der Waals surface area contributed by atoms with Crippen molar-refractivity contribution in [3.05, 3.63) is 53.0 Å². The van der Waals surface area contributed by atoms with Crippen LogP contribution in [0.4, 0.5) is 0 Å². The summed E-state index contributed by atoms with van der Waals surface area (Å²) >= 11 is 1.45. The fraction of sp³-hybridized carbons (Fsp3) is 0.250.